The molecule has 0 fully saturated rings. The van der Waals surface area contributed by atoms with Gasteiger partial charge in [0.25, 0.3) is 11.5 Å². The molecule has 0 aliphatic carbocycles. The Hall–Kier alpha value is -1.78. The lowest BCUT2D eigenvalue weighted by Gasteiger charge is -2.02. The Kier molecular flexibility index (Phi) is 1.86. The first-order valence-electron chi connectivity index (χ1n) is 3.29. The number of carbonyl (C=O) groups excluding carboxylic acids is 1. The molecule has 1 rings (SSSR count). The van der Waals surface area contributed by atoms with E-state index >= 15 is 0 Å². The molecule has 64 valence electrons. The highest BCUT2D eigenvalue weighted by molar-refractivity contribution is 5.97. The number of nitrogens with zero attached hydrogens (tertiary/aromatic N) is 1. The molecular formula is C7H9N3O2. The van der Waals surface area contributed by atoms with Crippen LogP contribution in [-0.2, 0) is 7.05 Å². The number of pyridine rings is 1. The van der Waals surface area contributed by atoms with Gasteiger partial charge in [-0.1, -0.05) is 0 Å². The van der Waals surface area contributed by atoms with Gasteiger partial charge in [0.1, 0.15) is 5.56 Å². The molecule has 0 unspecified atom stereocenters. The molecule has 12 heavy (non-hydrogen) atoms. The predicted octanol–water partition coefficient (Wildman–Crippen LogP) is -0.934. The maximum Gasteiger partial charge on any atom is 0.265 e. The van der Waals surface area contributed by atoms with E-state index in [9.17, 15) is 9.59 Å². The second kappa shape index (κ2) is 2.69. The van der Waals surface area contributed by atoms with Gasteiger partial charge in [0, 0.05) is 13.2 Å². The van der Waals surface area contributed by atoms with Crippen LogP contribution in [0.25, 0.3) is 0 Å². The van der Waals surface area contributed by atoms with Gasteiger partial charge in [-0.2, -0.15) is 0 Å². The van der Waals surface area contributed by atoms with E-state index in [2.05, 4.69) is 0 Å². The number of nitrogens with two attached hydrogens (primary N) is 2. The van der Waals surface area contributed by atoms with Gasteiger partial charge in [0.2, 0.25) is 0 Å². The summed E-state index contributed by atoms with van der Waals surface area (Å²) in [6, 6.07) is 1.46. The van der Waals surface area contributed by atoms with Crippen LogP contribution >= 0.6 is 0 Å². The van der Waals surface area contributed by atoms with Gasteiger partial charge in [0.15, 0.2) is 0 Å². The number of anilines is 1. The van der Waals surface area contributed by atoms with Gasteiger partial charge in [-0.25, -0.2) is 0 Å². The maximum absolute atomic E-state index is 11.2. The summed E-state index contributed by atoms with van der Waals surface area (Å²) in [5.41, 5.74) is 9.82. The number of aryl methyl sites for hydroxylation is 1. The molecule has 0 radical (unpaired) electrons. The van der Waals surface area contributed by atoms with Crippen molar-refractivity contribution in [2.75, 3.05) is 5.73 Å². The van der Waals surface area contributed by atoms with E-state index in [0.29, 0.717) is 0 Å². The molecule has 1 amide bonds. The van der Waals surface area contributed by atoms with E-state index in [1.807, 2.05) is 0 Å². The number of aromatic nitrogens is 1. The molecule has 0 atom stereocenters. The van der Waals surface area contributed by atoms with Gasteiger partial charge < -0.3 is 16.0 Å². The first kappa shape index (κ1) is 8.32. The molecule has 0 spiro atoms. The van der Waals surface area contributed by atoms with Gasteiger partial charge >= 0.3 is 0 Å². The summed E-state index contributed by atoms with van der Waals surface area (Å²) in [5, 5.41) is 0. The average Bonchev–Trinajstić information content (AvgIpc) is 1.97. The van der Waals surface area contributed by atoms with Crippen LogP contribution in [0.5, 0.6) is 0 Å². The number of rotatable bonds is 1. The van der Waals surface area contributed by atoms with Crippen LogP contribution in [0.15, 0.2) is 17.1 Å². The molecule has 5 nitrogen and oxygen atoms in total. The van der Waals surface area contributed by atoms with Crippen LogP contribution < -0.4 is 17.0 Å². The highest BCUT2D eigenvalue weighted by Gasteiger charge is 2.10. The fourth-order valence-corrected chi connectivity index (χ4v) is 0.891. The molecule has 1 aromatic rings. The summed E-state index contributed by atoms with van der Waals surface area (Å²) in [6.07, 6.45) is 1.48. The van der Waals surface area contributed by atoms with Gasteiger partial charge in [-0.3, -0.25) is 9.59 Å². The third kappa shape index (κ3) is 1.16. The molecule has 1 aromatic heterocycles. The maximum atomic E-state index is 11.2. The Morgan fingerprint density at radius 3 is 2.58 bits per heavy atom. The van der Waals surface area contributed by atoms with Crippen LogP contribution in [0.1, 0.15) is 10.4 Å². The number of amides is 1. The fourth-order valence-electron chi connectivity index (χ4n) is 0.891. The summed E-state index contributed by atoms with van der Waals surface area (Å²) in [6.45, 7) is 0. The number of nitrogen functional groups attached to an aromatic ring is 1. The molecule has 4 N–H and O–H groups in total. The number of carbonyl (C=O) groups is 1. The molecule has 0 aliphatic heterocycles. The smallest absolute Gasteiger partial charge is 0.265 e. The summed E-state index contributed by atoms with van der Waals surface area (Å²) >= 11 is 0. The zero-order valence-corrected chi connectivity index (χ0v) is 6.57. The summed E-state index contributed by atoms with van der Waals surface area (Å²) < 4.78 is 1.25. The Labute approximate surface area is 68.6 Å². The Bertz CT molecular complexity index is 381. The zero-order chi connectivity index (χ0) is 9.30. The quantitative estimate of drug-likeness (QED) is 0.565. The monoisotopic (exact) mass is 167 g/mol. The Balaban J connectivity index is 3.55. The lowest BCUT2D eigenvalue weighted by molar-refractivity contribution is 0.0999. The van der Waals surface area contributed by atoms with Crippen molar-refractivity contribution in [2.24, 2.45) is 12.8 Å². The third-order valence-corrected chi connectivity index (χ3v) is 1.55. The minimum Gasteiger partial charge on any atom is -0.398 e. The highest BCUT2D eigenvalue weighted by atomic mass is 16.2. The molecule has 0 saturated heterocycles. The Morgan fingerprint density at radius 1 is 1.58 bits per heavy atom. The summed E-state index contributed by atoms with van der Waals surface area (Å²) in [7, 11) is 1.52. The summed E-state index contributed by atoms with van der Waals surface area (Å²) in [5.74, 6) is -0.798. The van der Waals surface area contributed by atoms with E-state index in [4.69, 9.17) is 11.5 Å². The van der Waals surface area contributed by atoms with Crippen molar-refractivity contribution in [3.8, 4) is 0 Å². The minimum atomic E-state index is -0.798. The molecule has 1 heterocycles. The van der Waals surface area contributed by atoms with Crippen molar-refractivity contribution < 1.29 is 4.79 Å². The largest absolute Gasteiger partial charge is 0.398 e. The first-order valence-corrected chi connectivity index (χ1v) is 3.29. The van der Waals surface area contributed by atoms with Crippen LogP contribution in [0.2, 0.25) is 0 Å². The van der Waals surface area contributed by atoms with Crippen molar-refractivity contribution in [3.05, 3.63) is 28.2 Å². The van der Waals surface area contributed by atoms with Gasteiger partial charge in [-0.05, 0) is 6.07 Å². The van der Waals surface area contributed by atoms with E-state index < -0.39 is 11.5 Å². The zero-order valence-electron chi connectivity index (χ0n) is 6.57. The first-order chi connectivity index (χ1) is 5.54. The number of primary amides is 1. The SMILES string of the molecule is Cn1ccc(N)c(C(N)=O)c1=O. The van der Waals surface area contributed by atoms with E-state index in [-0.39, 0.29) is 11.3 Å². The topological polar surface area (TPSA) is 91.1 Å². The standard InChI is InChI=1S/C7H9N3O2/c1-10-3-2-4(8)5(6(9)11)7(10)12/h2-3H,8H2,1H3,(H2,9,11). The van der Waals surface area contributed by atoms with Crippen molar-refractivity contribution in [2.45, 2.75) is 0 Å². The minimum absolute atomic E-state index is 0.116. The lowest BCUT2D eigenvalue weighted by Crippen LogP contribution is -2.29. The van der Waals surface area contributed by atoms with Crippen molar-refractivity contribution in [3.63, 3.8) is 0 Å². The second-order valence-corrected chi connectivity index (χ2v) is 2.43. The molecule has 0 saturated carbocycles. The highest BCUT2D eigenvalue weighted by Crippen LogP contribution is 2.02. The van der Waals surface area contributed by atoms with Crippen molar-refractivity contribution in [1.82, 2.24) is 4.57 Å². The van der Waals surface area contributed by atoms with Crippen molar-refractivity contribution in [1.29, 1.82) is 0 Å². The third-order valence-electron chi connectivity index (χ3n) is 1.55. The predicted molar refractivity (Wildman–Crippen MR) is 44.6 cm³/mol. The molecule has 0 aromatic carbocycles. The average molecular weight is 167 g/mol. The Morgan fingerprint density at radius 2 is 2.17 bits per heavy atom. The molecule has 0 bridgehead atoms. The van der Waals surface area contributed by atoms with Gasteiger partial charge in [-0.15, -0.1) is 0 Å². The second-order valence-electron chi connectivity index (χ2n) is 2.43. The number of hydrogen-bond donors (Lipinski definition) is 2. The lowest BCUT2D eigenvalue weighted by atomic mass is 10.2. The van der Waals surface area contributed by atoms with Crippen LogP contribution in [-0.4, -0.2) is 10.5 Å². The molecule has 0 aliphatic rings. The van der Waals surface area contributed by atoms with Crippen LogP contribution in [0.3, 0.4) is 0 Å². The molecular weight excluding hydrogens is 158 g/mol. The molecule has 5 heteroatoms. The van der Waals surface area contributed by atoms with Crippen LogP contribution in [0, 0.1) is 0 Å². The van der Waals surface area contributed by atoms with E-state index in [1.54, 1.807) is 0 Å². The van der Waals surface area contributed by atoms with E-state index in [0.717, 1.165) is 0 Å². The normalized spacial score (nSPS) is 9.75. The fraction of sp³-hybridized carbons (Fsp3) is 0.143. The number of hydrogen-bond acceptors (Lipinski definition) is 3. The van der Waals surface area contributed by atoms with Crippen LogP contribution in [0.4, 0.5) is 5.69 Å². The van der Waals surface area contributed by atoms with E-state index in [1.165, 1.54) is 23.9 Å². The van der Waals surface area contributed by atoms with Gasteiger partial charge in [0.05, 0.1) is 5.69 Å². The van der Waals surface area contributed by atoms with Crippen molar-refractivity contribution >= 4 is 11.6 Å². The summed E-state index contributed by atoms with van der Waals surface area (Å²) in [4.78, 5) is 21.9.